The lowest BCUT2D eigenvalue weighted by Gasteiger charge is -2.18. The molecule has 3 aromatic rings. The summed E-state index contributed by atoms with van der Waals surface area (Å²) in [4.78, 5) is 24.9. The number of hydrogen-bond donors (Lipinski definition) is 0. The van der Waals surface area contributed by atoms with Crippen LogP contribution < -0.4 is 4.74 Å². The fourth-order valence-electron chi connectivity index (χ4n) is 4.17. The molecule has 0 fully saturated rings. The first-order valence-corrected chi connectivity index (χ1v) is 12.7. The Morgan fingerprint density at radius 2 is 1.23 bits per heavy atom. The summed E-state index contributed by atoms with van der Waals surface area (Å²) in [6.45, 7) is 8.43. The van der Waals surface area contributed by atoms with Crippen LogP contribution in [0.25, 0.3) is 11.1 Å². The molecule has 0 aromatic heterocycles. The number of benzene rings is 3. The lowest BCUT2D eigenvalue weighted by Crippen LogP contribution is -2.18. The first-order valence-electron chi connectivity index (χ1n) is 12.7. The van der Waals surface area contributed by atoms with Gasteiger partial charge >= 0.3 is 11.9 Å². The molecule has 0 heterocycles. The zero-order chi connectivity index (χ0) is 25.2. The van der Waals surface area contributed by atoms with Crippen LogP contribution in [0, 0.1) is 5.92 Å². The van der Waals surface area contributed by atoms with Crippen LogP contribution in [0.5, 0.6) is 5.75 Å². The van der Waals surface area contributed by atoms with Gasteiger partial charge in [-0.25, -0.2) is 9.59 Å². The molecule has 35 heavy (non-hydrogen) atoms. The quantitative estimate of drug-likeness (QED) is 0.210. The molecule has 0 bridgehead atoms. The van der Waals surface area contributed by atoms with Crippen LogP contribution in [-0.2, 0) is 11.2 Å². The van der Waals surface area contributed by atoms with Gasteiger partial charge in [0.2, 0.25) is 0 Å². The molecule has 0 amide bonds. The van der Waals surface area contributed by atoms with Crippen molar-refractivity contribution < 1.29 is 19.1 Å². The van der Waals surface area contributed by atoms with E-state index in [9.17, 15) is 9.59 Å². The highest BCUT2D eigenvalue weighted by Gasteiger charge is 2.16. The molecule has 3 rings (SSSR count). The summed E-state index contributed by atoms with van der Waals surface area (Å²) in [5.74, 6) is 0.402. The number of rotatable bonds is 11. The summed E-state index contributed by atoms with van der Waals surface area (Å²) in [6, 6.07) is 22.3. The van der Waals surface area contributed by atoms with E-state index in [1.807, 2.05) is 43.3 Å². The van der Waals surface area contributed by atoms with Crippen molar-refractivity contribution in [3.8, 4) is 16.9 Å². The van der Waals surface area contributed by atoms with Crippen molar-refractivity contribution in [3.63, 3.8) is 0 Å². The Hall–Kier alpha value is -3.40. The average Bonchev–Trinajstić information content (AvgIpc) is 2.88. The Morgan fingerprint density at radius 3 is 1.77 bits per heavy atom. The van der Waals surface area contributed by atoms with Gasteiger partial charge in [0.05, 0.1) is 17.2 Å². The summed E-state index contributed by atoms with van der Waals surface area (Å²) < 4.78 is 11.2. The topological polar surface area (TPSA) is 52.6 Å². The zero-order valence-corrected chi connectivity index (χ0v) is 21.3. The molecule has 4 nitrogen and oxygen atoms in total. The molecule has 0 aliphatic rings. The van der Waals surface area contributed by atoms with Crippen LogP contribution in [-0.4, -0.2) is 18.0 Å². The monoisotopic (exact) mass is 472 g/mol. The highest BCUT2D eigenvalue weighted by molar-refractivity contribution is 5.91. The van der Waals surface area contributed by atoms with Crippen LogP contribution in [0.1, 0.15) is 79.7 Å². The molecule has 0 spiro atoms. The molecule has 0 aliphatic heterocycles. The Labute approximate surface area is 209 Å². The van der Waals surface area contributed by atoms with Crippen LogP contribution in [0.15, 0.2) is 72.8 Å². The Balaban J connectivity index is 1.58. The second-order valence-corrected chi connectivity index (χ2v) is 9.07. The van der Waals surface area contributed by atoms with E-state index in [-0.39, 0.29) is 18.0 Å². The highest BCUT2D eigenvalue weighted by atomic mass is 16.5. The third-order valence-electron chi connectivity index (χ3n) is 6.38. The van der Waals surface area contributed by atoms with E-state index in [2.05, 4.69) is 20.8 Å². The average molecular weight is 473 g/mol. The fourth-order valence-corrected chi connectivity index (χ4v) is 4.17. The molecule has 184 valence electrons. The van der Waals surface area contributed by atoms with Gasteiger partial charge in [-0.1, -0.05) is 76.4 Å². The van der Waals surface area contributed by atoms with Gasteiger partial charge in [-0.15, -0.1) is 0 Å². The molecule has 0 saturated carbocycles. The maximum absolute atomic E-state index is 12.5. The summed E-state index contributed by atoms with van der Waals surface area (Å²) in [5.41, 5.74) is 4.22. The van der Waals surface area contributed by atoms with Crippen molar-refractivity contribution >= 4 is 11.9 Å². The van der Waals surface area contributed by atoms with Gasteiger partial charge in [0.1, 0.15) is 5.75 Å². The van der Waals surface area contributed by atoms with Crippen LogP contribution in [0.2, 0.25) is 0 Å². The van der Waals surface area contributed by atoms with Crippen LogP contribution in [0.4, 0.5) is 0 Å². The third-order valence-corrected chi connectivity index (χ3v) is 6.38. The van der Waals surface area contributed by atoms with Crippen molar-refractivity contribution in [1.82, 2.24) is 0 Å². The molecule has 1 unspecified atom stereocenters. The van der Waals surface area contributed by atoms with Crippen molar-refractivity contribution in [1.29, 1.82) is 0 Å². The first-order chi connectivity index (χ1) is 16.9. The Morgan fingerprint density at radius 1 is 0.714 bits per heavy atom. The van der Waals surface area contributed by atoms with Gasteiger partial charge in [0.25, 0.3) is 0 Å². The minimum atomic E-state index is -0.373. The Kier molecular flexibility index (Phi) is 9.66. The maximum atomic E-state index is 12.5. The molecular weight excluding hydrogens is 436 g/mol. The van der Waals surface area contributed by atoms with E-state index in [0.29, 0.717) is 22.8 Å². The smallest absolute Gasteiger partial charge is 0.343 e. The van der Waals surface area contributed by atoms with Gasteiger partial charge in [-0.3, -0.25) is 0 Å². The number of carbonyl (C=O) groups is 2. The van der Waals surface area contributed by atoms with E-state index < -0.39 is 0 Å². The summed E-state index contributed by atoms with van der Waals surface area (Å²) >= 11 is 0. The zero-order valence-electron chi connectivity index (χ0n) is 21.3. The van der Waals surface area contributed by atoms with E-state index in [0.717, 1.165) is 43.2 Å². The fraction of sp³-hybridized carbons (Fsp3) is 0.355. The number of hydrogen-bond acceptors (Lipinski definition) is 4. The molecule has 0 aliphatic carbocycles. The SMILES string of the molecule is CCCc1ccc(C(=O)Oc2ccc(-c3ccc(C(=O)OC(C)CC(CC)CC)cc3)cc2)cc1. The number of aryl methyl sites for hydroxylation is 1. The molecule has 0 saturated heterocycles. The van der Waals surface area contributed by atoms with Gasteiger partial charge < -0.3 is 9.47 Å². The summed E-state index contributed by atoms with van der Waals surface area (Å²) in [7, 11) is 0. The second kappa shape index (κ2) is 12.9. The molecular formula is C31H36O4. The molecule has 3 aromatic carbocycles. The molecule has 4 heteroatoms. The van der Waals surface area contributed by atoms with Gasteiger partial charge in [0.15, 0.2) is 0 Å². The van der Waals surface area contributed by atoms with E-state index in [4.69, 9.17) is 9.47 Å². The second-order valence-electron chi connectivity index (χ2n) is 9.07. The van der Waals surface area contributed by atoms with Crippen molar-refractivity contribution in [2.45, 2.75) is 65.9 Å². The van der Waals surface area contributed by atoms with Gasteiger partial charge in [0, 0.05) is 0 Å². The van der Waals surface area contributed by atoms with Crippen molar-refractivity contribution in [3.05, 3.63) is 89.5 Å². The number of esters is 2. The molecule has 1 atom stereocenters. The third kappa shape index (κ3) is 7.54. The number of ether oxygens (including phenoxy) is 2. The number of carbonyl (C=O) groups excluding carboxylic acids is 2. The van der Waals surface area contributed by atoms with Gasteiger partial charge in [-0.05, 0) is 78.8 Å². The van der Waals surface area contributed by atoms with Crippen LogP contribution >= 0.6 is 0 Å². The predicted molar refractivity (Wildman–Crippen MR) is 141 cm³/mol. The Bertz CT molecular complexity index is 1080. The lowest BCUT2D eigenvalue weighted by atomic mass is 9.97. The minimum absolute atomic E-state index is 0.100. The first kappa shape index (κ1) is 26.2. The highest BCUT2D eigenvalue weighted by Crippen LogP contribution is 2.24. The largest absolute Gasteiger partial charge is 0.459 e. The minimum Gasteiger partial charge on any atom is -0.459 e. The summed E-state index contributed by atoms with van der Waals surface area (Å²) in [6.07, 6.45) is 5.04. The maximum Gasteiger partial charge on any atom is 0.343 e. The van der Waals surface area contributed by atoms with Crippen molar-refractivity contribution in [2.24, 2.45) is 5.92 Å². The van der Waals surface area contributed by atoms with Gasteiger partial charge in [-0.2, -0.15) is 0 Å². The van der Waals surface area contributed by atoms with E-state index >= 15 is 0 Å². The van der Waals surface area contributed by atoms with Crippen LogP contribution in [0.3, 0.4) is 0 Å². The molecule has 0 N–H and O–H groups in total. The lowest BCUT2D eigenvalue weighted by molar-refractivity contribution is 0.0285. The summed E-state index contributed by atoms with van der Waals surface area (Å²) in [5, 5.41) is 0. The predicted octanol–water partition coefficient (Wildman–Crippen LogP) is 7.90. The standard InChI is InChI=1S/C31H36O4/c1-5-8-24-9-11-27(12-10-24)31(33)35-29-19-17-26(18-20-29)25-13-15-28(16-14-25)30(32)34-22(4)21-23(6-2)7-3/h9-20,22-23H,5-8,21H2,1-4H3. The van der Waals surface area contributed by atoms with E-state index in [1.54, 1.807) is 36.4 Å². The van der Waals surface area contributed by atoms with Crippen molar-refractivity contribution in [2.75, 3.05) is 0 Å². The molecule has 0 radical (unpaired) electrons. The normalized spacial score (nSPS) is 11.8. The van der Waals surface area contributed by atoms with E-state index in [1.165, 1.54) is 5.56 Å².